The number of aromatic nitrogens is 2. The Bertz CT molecular complexity index is 1110. The fraction of sp³-hybridized carbons (Fsp3) is 0.0476. The Morgan fingerprint density at radius 1 is 0.923 bits per heavy atom. The summed E-state index contributed by atoms with van der Waals surface area (Å²) in [5, 5.41) is 1.19. The Hall–Kier alpha value is -3.05. The summed E-state index contributed by atoms with van der Waals surface area (Å²) in [6, 6.07) is 25.0. The van der Waals surface area contributed by atoms with Crippen molar-refractivity contribution in [3.05, 3.63) is 94.8 Å². The molecule has 2 N–H and O–H groups in total. The highest BCUT2D eigenvalue weighted by Crippen LogP contribution is 2.25. The lowest BCUT2D eigenvalue weighted by Crippen LogP contribution is -2.21. The Labute approximate surface area is 155 Å². The molecule has 0 aliphatic heterocycles. The van der Waals surface area contributed by atoms with E-state index in [1.807, 2.05) is 48.5 Å². The molecule has 128 valence electrons. The number of anilines is 1. The van der Waals surface area contributed by atoms with Crippen molar-refractivity contribution in [3.8, 4) is 5.69 Å². The van der Waals surface area contributed by atoms with Gasteiger partial charge in [-0.15, -0.1) is 0 Å². The molecule has 4 aromatic rings. The van der Waals surface area contributed by atoms with Crippen molar-refractivity contribution in [2.45, 2.75) is 10.9 Å². The van der Waals surface area contributed by atoms with Crippen LogP contribution in [0.1, 0.15) is 5.56 Å². The van der Waals surface area contributed by atoms with Crippen molar-refractivity contribution in [1.82, 2.24) is 9.55 Å². The summed E-state index contributed by atoms with van der Waals surface area (Å²) in [5.41, 5.74) is 8.96. The molecule has 0 atom stereocenters. The zero-order valence-corrected chi connectivity index (χ0v) is 14.8. The zero-order valence-electron chi connectivity index (χ0n) is 14.0. The Balaban J connectivity index is 1.87. The third kappa shape index (κ3) is 3.21. The number of nitrogen functional groups attached to an aromatic ring is 1. The van der Waals surface area contributed by atoms with Gasteiger partial charge >= 0.3 is 0 Å². The summed E-state index contributed by atoms with van der Waals surface area (Å²) < 4.78 is 1.66. The third-order valence-corrected chi connectivity index (χ3v) is 5.10. The lowest BCUT2D eigenvalue weighted by Gasteiger charge is -2.13. The minimum atomic E-state index is -0.107. The van der Waals surface area contributed by atoms with Crippen LogP contribution in [0.3, 0.4) is 0 Å². The highest BCUT2D eigenvalue weighted by Gasteiger charge is 2.13. The van der Waals surface area contributed by atoms with Gasteiger partial charge in [0.2, 0.25) is 0 Å². The Kier molecular flexibility index (Phi) is 4.46. The van der Waals surface area contributed by atoms with Gasteiger partial charge in [-0.05, 0) is 35.9 Å². The summed E-state index contributed by atoms with van der Waals surface area (Å²) in [6.07, 6.45) is 0. The van der Waals surface area contributed by atoms with Gasteiger partial charge in [-0.25, -0.2) is 4.98 Å². The van der Waals surface area contributed by atoms with Crippen LogP contribution in [-0.2, 0) is 5.75 Å². The predicted octanol–water partition coefficient (Wildman–Crippen LogP) is 4.26. The van der Waals surface area contributed by atoms with Crippen LogP contribution >= 0.6 is 11.8 Å². The van der Waals surface area contributed by atoms with Gasteiger partial charge < -0.3 is 5.73 Å². The molecule has 1 heterocycles. The molecule has 0 saturated carbocycles. The van der Waals surface area contributed by atoms with Crippen molar-refractivity contribution in [2.75, 3.05) is 5.73 Å². The fourth-order valence-electron chi connectivity index (χ4n) is 2.81. The van der Waals surface area contributed by atoms with Gasteiger partial charge in [0.25, 0.3) is 5.56 Å². The van der Waals surface area contributed by atoms with Crippen LogP contribution in [0.25, 0.3) is 16.6 Å². The minimum absolute atomic E-state index is 0.107. The molecular weight excluding hydrogens is 342 g/mol. The number of rotatable bonds is 4. The molecule has 0 aliphatic carbocycles. The number of thioether (sulfide) groups is 1. The summed E-state index contributed by atoms with van der Waals surface area (Å²) in [5.74, 6) is 0.737. The van der Waals surface area contributed by atoms with Gasteiger partial charge in [0.1, 0.15) is 0 Å². The summed E-state index contributed by atoms with van der Waals surface area (Å²) in [7, 11) is 0. The van der Waals surface area contributed by atoms with E-state index in [9.17, 15) is 4.79 Å². The predicted molar refractivity (Wildman–Crippen MR) is 108 cm³/mol. The van der Waals surface area contributed by atoms with E-state index in [-0.39, 0.29) is 5.56 Å². The first kappa shape index (κ1) is 16.4. The molecule has 0 saturated heterocycles. The van der Waals surface area contributed by atoms with Crippen molar-refractivity contribution < 1.29 is 0 Å². The molecule has 0 bridgehead atoms. The van der Waals surface area contributed by atoms with E-state index in [2.05, 4.69) is 12.1 Å². The number of nitrogens with two attached hydrogens (primary N) is 1. The second-order valence-corrected chi connectivity index (χ2v) is 6.86. The smallest absolute Gasteiger partial charge is 0.266 e. The molecule has 4 nitrogen and oxygen atoms in total. The van der Waals surface area contributed by atoms with E-state index >= 15 is 0 Å². The molecule has 0 radical (unpaired) electrons. The second kappa shape index (κ2) is 7.06. The third-order valence-electron chi connectivity index (χ3n) is 4.09. The maximum atomic E-state index is 13.2. The first-order valence-electron chi connectivity index (χ1n) is 8.27. The number of benzene rings is 3. The van der Waals surface area contributed by atoms with Crippen LogP contribution < -0.4 is 11.3 Å². The highest BCUT2D eigenvalue weighted by atomic mass is 32.2. The Morgan fingerprint density at radius 2 is 1.62 bits per heavy atom. The van der Waals surface area contributed by atoms with Crippen LogP contribution in [-0.4, -0.2) is 9.55 Å². The van der Waals surface area contributed by atoms with Crippen LogP contribution in [0, 0.1) is 0 Å². The lowest BCUT2D eigenvalue weighted by atomic mass is 10.2. The lowest BCUT2D eigenvalue weighted by molar-refractivity contribution is 0.820. The van der Waals surface area contributed by atoms with Gasteiger partial charge in [0.15, 0.2) is 5.16 Å². The van der Waals surface area contributed by atoms with Crippen LogP contribution in [0.2, 0.25) is 0 Å². The van der Waals surface area contributed by atoms with E-state index in [1.165, 1.54) is 5.56 Å². The maximum Gasteiger partial charge on any atom is 0.266 e. The summed E-state index contributed by atoms with van der Waals surface area (Å²) in [6.45, 7) is 0. The SMILES string of the molecule is Nc1ccc2nc(SCc3ccccc3)n(-c3ccccc3)c(=O)c2c1. The van der Waals surface area contributed by atoms with Crippen molar-refractivity contribution in [3.63, 3.8) is 0 Å². The van der Waals surface area contributed by atoms with E-state index < -0.39 is 0 Å². The standard InChI is InChI=1S/C21H17N3OS/c22-16-11-12-19-18(13-16)20(25)24(17-9-5-2-6-10-17)21(23-19)26-14-15-7-3-1-4-8-15/h1-13H,14,22H2. The number of hydrogen-bond acceptors (Lipinski definition) is 4. The summed E-state index contributed by atoms with van der Waals surface area (Å²) in [4.78, 5) is 17.9. The van der Waals surface area contributed by atoms with E-state index in [0.29, 0.717) is 21.7 Å². The van der Waals surface area contributed by atoms with Crippen molar-refractivity contribution >= 4 is 28.4 Å². The van der Waals surface area contributed by atoms with Crippen molar-refractivity contribution in [2.24, 2.45) is 0 Å². The number of hydrogen-bond donors (Lipinski definition) is 1. The molecular formula is C21H17N3OS. The fourth-order valence-corrected chi connectivity index (χ4v) is 3.78. The quantitative estimate of drug-likeness (QED) is 0.336. The van der Waals surface area contributed by atoms with Crippen LogP contribution in [0.5, 0.6) is 0 Å². The number of nitrogens with zero attached hydrogens (tertiary/aromatic N) is 2. The molecule has 3 aromatic carbocycles. The topological polar surface area (TPSA) is 60.9 Å². The normalized spacial score (nSPS) is 10.9. The van der Waals surface area contributed by atoms with Gasteiger partial charge in [-0.3, -0.25) is 9.36 Å². The largest absolute Gasteiger partial charge is 0.399 e. The molecule has 1 aromatic heterocycles. The van der Waals surface area contributed by atoms with E-state index in [4.69, 9.17) is 10.7 Å². The molecule has 26 heavy (non-hydrogen) atoms. The molecule has 0 spiro atoms. The van der Waals surface area contributed by atoms with Gasteiger partial charge in [0, 0.05) is 11.4 Å². The highest BCUT2D eigenvalue weighted by molar-refractivity contribution is 7.98. The molecule has 5 heteroatoms. The molecule has 0 fully saturated rings. The summed E-state index contributed by atoms with van der Waals surface area (Å²) >= 11 is 1.55. The Morgan fingerprint density at radius 3 is 2.35 bits per heavy atom. The molecule has 0 unspecified atom stereocenters. The molecule has 0 amide bonds. The monoisotopic (exact) mass is 359 g/mol. The zero-order chi connectivity index (χ0) is 17.9. The average Bonchev–Trinajstić information content (AvgIpc) is 2.68. The van der Waals surface area contributed by atoms with E-state index in [1.54, 1.807) is 34.5 Å². The van der Waals surface area contributed by atoms with Gasteiger partial charge in [-0.1, -0.05) is 60.3 Å². The first-order chi connectivity index (χ1) is 12.7. The first-order valence-corrected chi connectivity index (χ1v) is 9.25. The molecule has 4 rings (SSSR count). The number of para-hydroxylation sites is 1. The van der Waals surface area contributed by atoms with Gasteiger partial charge in [-0.2, -0.15) is 0 Å². The van der Waals surface area contributed by atoms with Gasteiger partial charge in [0.05, 0.1) is 16.6 Å². The average molecular weight is 359 g/mol. The van der Waals surface area contributed by atoms with E-state index in [0.717, 1.165) is 11.4 Å². The minimum Gasteiger partial charge on any atom is -0.399 e. The second-order valence-electron chi connectivity index (χ2n) is 5.92. The molecule has 0 aliphatic rings. The van der Waals surface area contributed by atoms with Crippen LogP contribution in [0.4, 0.5) is 5.69 Å². The number of fused-ring (bicyclic) bond motifs is 1. The maximum absolute atomic E-state index is 13.2. The van der Waals surface area contributed by atoms with Crippen molar-refractivity contribution in [1.29, 1.82) is 0 Å². The van der Waals surface area contributed by atoms with Crippen LogP contribution in [0.15, 0.2) is 88.8 Å².